The molecule has 112 valence electrons. The number of nitrogens with one attached hydrogen (secondary N) is 1. The van der Waals surface area contributed by atoms with E-state index >= 15 is 0 Å². The second-order valence-corrected chi connectivity index (χ2v) is 4.35. The van der Waals surface area contributed by atoms with Gasteiger partial charge in [0.1, 0.15) is 12.3 Å². The molecule has 0 unspecified atom stereocenters. The first-order chi connectivity index (χ1) is 10.1. The number of carbonyl (C=O) groups excluding carboxylic acids is 3. The molecule has 0 spiro atoms. The van der Waals surface area contributed by atoms with Gasteiger partial charge >= 0.3 is 11.9 Å². The molecule has 1 saturated heterocycles. The Morgan fingerprint density at radius 1 is 1.43 bits per heavy atom. The second kappa shape index (κ2) is 6.74. The van der Waals surface area contributed by atoms with Gasteiger partial charge < -0.3 is 19.5 Å². The third kappa shape index (κ3) is 3.95. The molecule has 1 amide bonds. The molecule has 2 rings (SSSR count). The van der Waals surface area contributed by atoms with E-state index in [2.05, 4.69) is 10.1 Å². The maximum atomic E-state index is 11.9. The van der Waals surface area contributed by atoms with Gasteiger partial charge in [-0.25, -0.2) is 4.79 Å². The van der Waals surface area contributed by atoms with E-state index in [1.807, 2.05) is 0 Å². The SMILES string of the molecule is COc1cccc(C(=O)NCC(=O)O[C@H]2CCOC2=O)c1. The first kappa shape index (κ1) is 14.8. The molecule has 0 aliphatic carbocycles. The van der Waals surface area contributed by atoms with E-state index < -0.39 is 23.9 Å². The monoisotopic (exact) mass is 293 g/mol. The molecule has 0 saturated carbocycles. The summed E-state index contributed by atoms with van der Waals surface area (Å²) >= 11 is 0. The average Bonchev–Trinajstić information content (AvgIpc) is 2.90. The van der Waals surface area contributed by atoms with Crippen molar-refractivity contribution in [2.75, 3.05) is 20.3 Å². The number of carbonyl (C=O) groups is 3. The van der Waals surface area contributed by atoms with Crippen LogP contribution in [0.15, 0.2) is 24.3 Å². The number of ether oxygens (including phenoxy) is 3. The standard InChI is InChI=1S/C14H15NO6/c1-19-10-4-2-3-9(7-10)13(17)15-8-12(16)21-11-5-6-20-14(11)18/h2-4,7,11H,5-6,8H2,1H3,(H,15,17)/t11-/m0/s1. The Hall–Kier alpha value is -2.57. The highest BCUT2D eigenvalue weighted by molar-refractivity contribution is 5.96. The fourth-order valence-corrected chi connectivity index (χ4v) is 1.80. The highest BCUT2D eigenvalue weighted by Crippen LogP contribution is 2.12. The van der Waals surface area contributed by atoms with Crippen LogP contribution in [0.25, 0.3) is 0 Å². The van der Waals surface area contributed by atoms with Gasteiger partial charge in [-0.3, -0.25) is 9.59 Å². The largest absolute Gasteiger partial charge is 0.497 e. The number of esters is 2. The summed E-state index contributed by atoms with van der Waals surface area (Å²) in [4.78, 5) is 34.5. The Morgan fingerprint density at radius 3 is 2.90 bits per heavy atom. The molecule has 0 aromatic heterocycles. The minimum absolute atomic E-state index is 0.243. The molecule has 1 fully saturated rings. The van der Waals surface area contributed by atoms with E-state index in [4.69, 9.17) is 9.47 Å². The van der Waals surface area contributed by atoms with E-state index in [1.165, 1.54) is 7.11 Å². The lowest BCUT2D eigenvalue weighted by Gasteiger charge is -2.09. The molecule has 7 nitrogen and oxygen atoms in total. The molecule has 1 aromatic carbocycles. The van der Waals surface area contributed by atoms with Gasteiger partial charge in [0.15, 0.2) is 0 Å². The van der Waals surface area contributed by atoms with Crippen molar-refractivity contribution in [1.82, 2.24) is 5.32 Å². The van der Waals surface area contributed by atoms with E-state index in [-0.39, 0.29) is 13.2 Å². The van der Waals surface area contributed by atoms with Crippen LogP contribution in [-0.4, -0.2) is 44.2 Å². The van der Waals surface area contributed by atoms with Gasteiger partial charge in [0.25, 0.3) is 5.91 Å². The van der Waals surface area contributed by atoms with E-state index in [9.17, 15) is 14.4 Å². The van der Waals surface area contributed by atoms with Crippen molar-refractivity contribution in [2.45, 2.75) is 12.5 Å². The van der Waals surface area contributed by atoms with Gasteiger partial charge in [-0.15, -0.1) is 0 Å². The summed E-state index contributed by atoms with van der Waals surface area (Å²) in [5, 5.41) is 2.42. The maximum Gasteiger partial charge on any atom is 0.347 e. The number of rotatable bonds is 5. The summed E-state index contributed by atoms with van der Waals surface area (Å²) in [6.07, 6.45) is -0.528. The van der Waals surface area contributed by atoms with Crippen molar-refractivity contribution in [2.24, 2.45) is 0 Å². The molecule has 0 radical (unpaired) electrons. The number of amides is 1. The molecule has 7 heteroatoms. The van der Waals surface area contributed by atoms with Crippen LogP contribution in [0, 0.1) is 0 Å². The van der Waals surface area contributed by atoms with Gasteiger partial charge in [-0.2, -0.15) is 0 Å². The Kier molecular flexibility index (Phi) is 4.76. The molecular formula is C14H15NO6. The smallest absolute Gasteiger partial charge is 0.347 e. The average molecular weight is 293 g/mol. The van der Waals surface area contributed by atoms with Crippen molar-refractivity contribution < 1.29 is 28.6 Å². The van der Waals surface area contributed by atoms with Crippen molar-refractivity contribution in [3.05, 3.63) is 29.8 Å². The summed E-state index contributed by atoms with van der Waals surface area (Å²) < 4.78 is 14.6. The van der Waals surface area contributed by atoms with Crippen LogP contribution >= 0.6 is 0 Å². The lowest BCUT2D eigenvalue weighted by molar-refractivity contribution is -0.159. The summed E-state index contributed by atoms with van der Waals surface area (Å²) in [6.45, 7) is -0.0766. The highest BCUT2D eigenvalue weighted by atomic mass is 16.6. The Morgan fingerprint density at radius 2 is 2.24 bits per heavy atom. The second-order valence-electron chi connectivity index (χ2n) is 4.35. The topological polar surface area (TPSA) is 90.9 Å². The zero-order valence-corrected chi connectivity index (χ0v) is 11.5. The van der Waals surface area contributed by atoms with Crippen LogP contribution in [-0.2, 0) is 19.1 Å². The predicted molar refractivity (Wildman–Crippen MR) is 70.8 cm³/mol. The molecule has 1 aliphatic rings. The van der Waals surface area contributed by atoms with Crippen molar-refractivity contribution in [3.63, 3.8) is 0 Å². The van der Waals surface area contributed by atoms with Crippen molar-refractivity contribution in [3.8, 4) is 5.75 Å². The Labute approximate surface area is 121 Å². The highest BCUT2D eigenvalue weighted by Gasteiger charge is 2.30. The van der Waals surface area contributed by atoms with Crippen LogP contribution in [0.5, 0.6) is 5.75 Å². The molecular weight excluding hydrogens is 278 g/mol. The van der Waals surface area contributed by atoms with Crippen LogP contribution in [0.4, 0.5) is 0 Å². The van der Waals surface area contributed by atoms with Crippen molar-refractivity contribution >= 4 is 17.8 Å². The molecule has 1 aliphatic heterocycles. The van der Waals surface area contributed by atoms with Gasteiger partial charge in [0, 0.05) is 12.0 Å². The number of hydrogen-bond donors (Lipinski definition) is 1. The number of methoxy groups -OCH3 is 1. The third-order valence-corrected chi connectivity index (χ3v) is 2.89. The lowest BCUT2D eigenvalue weighted by Crippen LogP contribution is -2.33. The van der Waals surface area contributed by atoms with Crippen LogP contribution < -0.4 is 10.1 Å². The molecule has 1 N–H and O–H groups in total. The maximum absolute atomic E-state index is 11.9. The van der Waals surface area contributed by atoms with Crippen LogP contribution in [0.1, 0.15) is 16.8 Å². The summed E-state index contributed by atoms with van der Waals surface area (Å²) in [5.74, 6) is -1.13. The van der Waals surface area contributed by atoms with E-state index in [0.717, 1.165) is 0 Å². The zero-order valence-electron chi connectivity index (χ0n) is 11.5. The number of benzene rings is 1. The van der Waals surface area contributed by atoms with E-state index in [0.29, 0.717) is 17.7 Å². The lowest BCUT2D eigenvalue weighted by atomic mass is 10.2. The van der Waals surface area contributed by atoms with Crippen molar-refractivity contribution in [1.29, 1.82) is 0 Å². The Bertz CT molecular complexity index is 556. The van der Waals surface area contributed by atoms with Gasteiger partial charge in [0.05, 0.1) is 13.7 Å². The first-order valence-corrected chi connectivity index (χ1v) is 6.38. The van der Waals surface area contributed by atoms with Gasteiger partial charge in [-0.05, 0) is 18.2 Å². The van der Waals surface area contributed by atoms with E-state index in [1.54, 1.807) is 24.3 Å². The van der Waals surface area contributed by atoms with Gasteiger partial charge in [0.2, 0.25) is 6.10 Å². The number of cyclic esters (lactones) is 1. The quantitative estimate of drug-likeness (QED) is 0.784. The predicted octanol–water partition coefficient (Wildman–Crippen LogP) is 0.284. The first-order valence-electron chi connectivity index (χ1n) is 6.38. The molecule has 0 bridgehead atoms. The normalized spacial score (nSPS) is 17.0. The minimum atomic E-state index is -0.869. The molecule has 1 heterocycles. The zero-order chi connectivity index (χ0) is 15.2. The van der Waals surface area contributed by atoms with Gasteiger partial charge in [-0.1, -0.05) is 6.07 Å². The summed E-state index contributed by atoms with van der Waals surface area (Å²) in [7, 11) is 1.50. The number of hydrogen-bond acceptors (Lipinski definition) is 6. The van der Waals surface area contributed by atoms with Crippen LogP contribution in [0.2, 0.25) is 0 Å². The summed E-state index contributed by atoms with van der Waals surface area (Å²) in [6, 6.07) is 6.52. The summed E-state index contributed by atoms with van der Waals surface area (Å²) in [5.41, 5.74) is 0.363. The molecule has 21 heavy (non-hydrogen) atoms. The Balaban J connectivity index is 1.82. The molecule has 1 aromatic rings. The fraction of sp³-hybridized carbons (Fsp3) is 0.357. The third-order valence-electron chi connectivity index (χ3n) is 2.89. The van der Waals surface area contributed by atoms with Crippen LogP contribution in [0.3, 0.4) is 0 Å². The minimum Gasteiger partial charge on any atom is -0.497 e. The fourth-order valence-electron chi connectivity index (χ4n) is 1.80. The molecule has 1 atom stereocenters.